The SMILES string of the molecule is CCCS(=O)(=O)N1CC1C(C)C. The second-order valence-electron chi connectivity index (χ2n) is 3.70. The van der Waals surface area contributed by atoms with E-state index < -0.39 is 10.0 Å². The van der Waals surface area contributed by atoms with Gasteiger partial charge in [-0.25, -0.2) is 8.42 Å². The van der Waals surface area contributed by atoms with Crippen LogP contribution in [0.5, 0.6) is 0 Å². The summed E-state index contributed by atoms with van der Waals surface area (Å²) in [5.74, 6) is 0.757. The minimum Gasteiger partial charge on any atom is -0.212 e. The molecule has 1 saturated heterocycles. The molecule has 0 N–H and O–H groups in total. The van der Waals surface area contributed by atoms with Crippen LogP contribution in [-0.2, 0) is 10.0 Å². The minimum absolute atomic E-state index is 0.279. The van der Waals surface area contributed by atoms with E-state index in [0.717, 1.165) is 6.54 Å². The van der Waals surface area contributed by atoms with Crippen molar-refractivity contribution in [2.45, 2.75) is 33.2 Å². The Labute approximate surface area is 74.8 Å². The number of rotatable bonds is 4. The second kappa shape index (κ2) is 3.34. The number of sulfonamides is 1. The standard InChI is InChI=1S/C8H17NO2S/c1-4-5-12(10,11)9-6-8(9)7(2)3/h7-8H,4-6H2,1-3H3. The molecule has 0 amide bonds. The first-order valence-electron chi connectivity index (χ1n) is 4.48. The van der Waals surface area contributed by atoms with E-state index in [1.54, 1.807) is 4.31 Å². The van der Waals surface area contributed by atoms with Gasteiger partial charge in [-0.15, -0.1) is 0 Å². The van der Waals surface area contributed by atoms with Crippen molar-refractivity contribution in [1.82, 2.24) is 4.31 Å². The molecule has 1 heterocycles. The molecule has 2 unspecified atom stereocenters. The average Bonchev–Trinajstić information content (AvgIpc) is 2.63. The molecule has 0 aromatic carbocycles. The molecule has 0 bridgehead atoms. The van der Waals surface area contributed by atoms with Gasteiger partial charge >= 0.3 is 0 Å². The lowest BCUT2D eigenvalue weighted by atomic mass is 10.1. The molecular weight excluding hydrogens is 174 g/mol. The van der Waals surface area contributed by atoms with Crippen LogP contribution in [0.15, 0.2) is 0 Å². The first-order chi connectivity index (χ1) is 5.49. The highest BCUT2D eigenvalue weighted by atomic mass is 32.2. The topological polar surface area (TPSA) is 37.1 Å². The number of hydrogen-bond acceptors (Lipinski definition) is 2. The lowest BCUT2D eigenvalue weighted by Crippen LogP contribution is -2.19. The van der Waals surface area contributed by atoms with Crippen LogP contribution >= 0.6 is 0 Å². The maximum absolute atomic E-state index is 11.4. The van der Waals surface area contributed by atoms with Crippen molar-refractivity contribution in [1.29, 1.82) is 0 Å². The largest absolute Gasteiger partial charge is 0.214 e. The van der Waals surface area contributed by atoms with Crippen LogP contribution in [0.3, 0.4) is 0 Å². The summed E-state index contributed by atoms with van der Waals surface area (Å²) in [5, 5.41) is 0. The molecule has 1 fully saturated rings. The number of hydrogen-bond donors (Lipinski definition) is 0. The van der Waals surface area contributed by atoms with Crippen LogP contribution in [-0.4, -0.2) is 31.1 Å². The summed E-state index contributed by atoms with van der Waals surface area (Å²) in [5.41, 5.74) is 0. The fourth-order valence-electron chi connectivity index (χ4n) is 1.38. The van der Waals surface area contributed by atoms with Crippen molar-refractivity contribution >= 4 is 10.0 Å². The summed E-state index contributed by atoms with van der Waals surface area (Å²) in [6, 6.07) is 0.279. The third kappa shape index (κ3) is 1.98. The Bertz CT molecular complexity index is 246. The molecule has 12 heavy (non-hydrogen) atoms. The molecule has 0 saturated carbocycles. The monoisotopic (exact) mass is 191 g/mol. The van der Waals surface area contributed by atoms with Crippen LogP contribution < -0.4 is 0 Å². The fourth-order valence-corrected chi connectivity index (χ4v) is 3.16. The molecule has 1 aliphatic heterocycles. The van der Waals surface area contributed by atoms with Gasteiger partial charge in [0, 0.05) is 12.6 Å². The Kier molecular flexibility index (Phi) is 2.78. The fraction of sp³-hybridized carbons (Fsp3) is 1.00. The van der Waals surface area contributed by atoms with Crippen LogP contribution in [0.2, 0.25) is 0 Å². The summed E-state index contributed by atoms with van der Waals surface area (Å²) in [7, 11) is -2.90. The Morgan fingerprint density at radius 2 is 2.08 bits per heavy atom. The molecule has 0 aliphatic carbocycles. The third-order valence-corrected chi connectivity index (χ3v) is 4.25. The zero-order valence-corrected chi connectivity index (χ0v) is 8.76. The summed E-state index contributed by atoms with van der Waals surface area (Å²) < 4.78 is 24.5. The van der Waals surface area contributed by atoms with Gasteiger partial charge in [0.1, 0.15) is 0 Å². The molecule has 0 radical (unpaired) electrons. The quantitative estimate of drug-likeness (QED) is 0.623. The summed E-state index contributed by atoms with van der Waals surface area (Å²) in [6.07, 6.45) is 0.712. The zero-order valence-electron chi connectivity index (χ0n) is 7.95. The molecule has 0 spiro atoms. The zero-order chi connectivity index (χ0) is 9.35. The maximum atomic E-state index is 11.4. The lowest BCUT2D eigenvalue weighted by molar-refractivity contribution is 0.517. The van der Waals surface area contributed by atoms with Gasteiger partial charge in [0.15, 0.2) is 0 Å². The van der Waals surface area contributed by atoms with Gasteiger partial charge in [-0.2, -0.15) is 4.31 Å². The smallest absolute Gasteiger partial charge is 0.212 e. The van der Waals surface area contributed by atoms with E-state index in [-0.39, 0.29) is 6.04 Å². The normalized spacial score (nSPS) is 29.3. The summed E-state index contributed by atoms with van der Waals surface area (Å²) in [4.78, 5) is 0. The Morgan fingerprint density at radius 1 is 1.50 bits per heavy atom. The highest BCUT2D eigenvalue weighted by molar-refractivity contribution is 7.89. The van der Waals surface area contributed by atoms with E-state index in [2.05, 4.69) is 13.8 Å². The van der Waals surface area contributed by atoms with E-state index in [0.29, 0.717) is 18.1 Å². The lowest BCUT2D eigenvalue weighted by Gasteiger charge is -2.06. The second-order valence-corrected chi connectivity index (χ2v) is 5.74. The molecule has 0 aromatic heterocycles. The van der Waals surface area contributed by atoms with Crippen LogP contribution in [0, 0.1) is 5.92 Å². The molecule has 1 aliphatic rings. The van der Waals surface area contributed by atoms with Gasteiger partial charge in [0.05, 0.1) is 5.75 Å². The van der Waals surface area contributed by atoms with Crippen LogP contribution in [0.25, 0.3) is 0 Å². The minimum atomic E-state index is -2.90. The van der Waals surface area contributed by atoms with Gasteiger partial charge < -0.3 is 0 Å². The van der Waals surface area contributed by atoms with Crippen LogP contribution in [0.1, 0.15) is 27.2 Å². The first kappa shape index (κ1) is 9.99. The third-order valence-electron chi connectivity index (χ3n) is 2.19. The molecular formula is C8H17NO2S. The molecule has 4 heteroatoms. The van der Waals surface area contributed by atoms with E-state index in [9.17, 15) is 8.42 Å². The summed E-state index contributed by atoms with van der Waals surface area (Å²) in [6.45, 7) is 6.75. The van der Waals surface area contributed by atoms with Gasteiger partial charge in [0.2, 0.25) is 10.0 Å². The number of nitrogens with zero attached hydrogens (tertiary/aromatic N) is 1. The summed E-state index contributed by atoms with van der Waals surface area (Å²) >= 11 is 0. The Balaban J connectivity index is 2.52. The predicted molar refractivity (Wildman–Crippen MR) is 49.4 cm³/mol. The van der Waals surface area contributed by atoms with Crippen molar-refractivity contribution in [2.24, 2.45) is 5.92 Å². The molecule has 1 rings (SSSR count). The highest BCUT2D eigenvalue weighted by Crippen LogP contribution is 2.29. The molecule has 72 valence electrons. The van der Waals surface area contributed by atoms with Crippen molar-refractivity contribution in [3.8, 4) is 0 Å². The van der Waals surface area contributed by atoms with E-state index >= 15 is 0 Å². The van der Waals surface area contributed by atoms with Crippen molar-refractivity contribution in [2.75, 3.05) is 12.3 Å². The first-order valence-corrected chi connectivity index (χ1v) is 6.09. The van der Waals surface area contributed by atoms with E-state index in [4.69, 9.17) is 0 Å². The molecule has 2 atom stereocenters. The van der Waals surface area contributed by atoms with E-state index in [1.807, 2.05) is 6.92 Å². The molecule has 0 aromatic rings. The maximum Gasteiger partial charge on any atom is 0.214 e. The average molecular weight is 191 g/mol. The Hall–Kier alpha value is -0.0900. The van der Waals surface area contributed by atoms with Crippen LogP contribution in [0.4, 0.5) is 0 Å². The van der Waals surface area contributed by atoms with Gasteiger partial charge in [-0.05, 0) is 12.3 Å². The predicted octanol–water partition coefficient (Wildman–Crippen LogP) is 1.07. The van der Waals surface area contributed by atoms with E-state index in [1.165, 1.54) is 0 Å². The highest BCUT2D eigenvalue weighted by Gasteiger charge is 2.44. The van der Waals surface area contributed by atoms with Crippen molar-refractivity contribution < 1.29 is 8.42 Å². The van der Waals surface area contributed by atoms with Crippen molar-refractivity contribution in [3.63, 3.8) is 0 Å². The Morgan fingerprint density at radius 3 is 2.42 bits per heavy atom. The van der Waals surface area contributed by atoms with Gasteiger partial charge in [-0.1, -0.05) is 20.8 Å². The van der Waals surface area contributed by atoms with Gasteiger partial charge in [0.25, 0.3) is 0 Å². The van der Waals surface area contributed by atoms with Gasteiger partial charge in [-0.3, -0.25) is 0 Å². The molecule has 3 nitrogen and oxygen atoms in total. The van der Waals surface area contributed by atoms with Crippen molar-refractivity contribution in [3.05, 3.63) is 0 Å².